The number of carbonyl (C=O) groups is 1. The number of aromatic nitrogens is 1. The lowest BCUT2D eigenvalue weighted by Gasteiger charge is -2.21. The zero-order chi connectivity index (χ0) is 17.9. The molecule has 0 spiro atoms. The number of benzene rings is 1. The van der Waals surface area contributed by atoms with Crippen molar-refractivity contribution < 1.29 is 17.7 Å². The maximum absolute atomic E-state index is 12.4. The highest BCUT2D eigenvalue weighted by Crippen LogP contribution is 2.16. The van der Waals surface area contributed by atoms with E-state index >= 15 is 0 Å². The summed E-state index contributed by atoms with van der Waals surface area (Å²) in [6.45, 7) is 3.66. The molecule has 1 heterocycles. The molecule has 0 aliphatic carbocycles. The number of hydrogen-bond acceptors (Lipinski definition) is 5. The van der Waals surface area contributed by atoms with Gasteiger partial charge in [-0.15, -0.1) is 0 Å². The van der Waals surface area contributed by atoms with Crippen molar-refractivity contribution in [3.63, 3.8) is 0 Å². The first-order valence-electron chi connectivity index (χ1n) is 7.40. The lowest BCUT2D eigenvalue weighted by atomic mass is 10.2. The molecule has 1 amide bonds. The third kappa shape index (κ3) is 3.82. The molecule has 0 bridgehead atoms. The molecular formula is C16H21N3O4S. The molecule has 1 aromatic heterocycles. The summed E-state index contributed by atoms with van der Waals surface area (Å²) in [4.78, 5) is 14.0. The maximum Gasteiger partial charge on any atom is 0.243 e. The van der Waals surface area contributed by atoms with Crippen LogP contribution in [0.5, 0.6) is 0 Å². The molecule has 0 aliphatic heterocycles. The number of aryl methyl sites for hydroxylation is 2. The van der Waals surface area contributed by atoms with Crippen molar-refractivity contribution in [1.82, 2.24) is 14.4 Å². The number of amides is 1. The summed E-state index contributed by atoms with van der Waals surface area (Å²) in [7, 11) is -0.676. The maximum atomic E-state index is 12.4. The van der Waals surface area contributed by atoms with E-state index in [2.05, 4.69) is 5.16 Å². The van der Waals surface area contributed by atoms with Gasteiger partial charge in [0.05, 0.1) is 23.7 Å². The lowest BCUT2D eigenvalue weighted by Crippen LogP contribution is -2.39. The van der Waals surface area contributed by atoms with Gasteiger partial charge >= 0.3 is 0 Å². The van der Waals surface area contributed by atoms with E-state index in [0.717, 1.165) is 15.6 Å². The second kappa shape index (κ2) is 7.14. The number of hydrogen-bond donors (Lipinski definition) is 0. The van der Waals surface area contributed by atoms with E-state index in [4.69, 9.17) is 4.52 Å². The van der Waals surface area contributed by atoms with Gasteiger partial charge in [0.2, 0.25) is 15.9 Å². The summed E-state index contributed by atoms with van der Waals surface area (Å²) in [6, 6.07) is 8.04. The second-order valence-electron chi connectivity index (χ2n) is 5.63. The Balaban J connectivity index is 2.06. The Morgan fingerprint density at radius 1 is 1.17 bits per heavy atom. The van der Waals surface area contributed by atoms with Crippen molar-refractivity contribution in [3.8, 4) is 0 Å². The number of rotatable bonds is 6. The predicted molar refractivity (Wildman–Crippen MR) is 88.7 cm³/mol. The van der Waals surface area contributed by atoms with Crippen molar-refractivity contribution in [1.29, 1.82) is 0 Å². The average molecular weight is 351 g/mol. The average Bonchev–Trinajstić information content (AvgIpc) is 2.87. The molecule has 0 saturated carbocycles. The highest BCUT2D eigenvalue weighted by Gasteiger charge is 2.24. The van der Waals surface area contributed by atoms with Crippen LogP contribution in [0.4, 0.5) is 0 Å². The Labute approximate surface area is 141 Å². The Hall–Kier alpha value is -2.19. The zero-order valence-electron chi connectivity index (χ0n) is 14.2. The number of carbonyl (C=O) groups excluding carboxylic acids is 1. The second-order valence-corrected chi connectivity index (χ2v) is 7.67. The molecule has 2 rings (SSSR count). The van der Waals surface area contributed by atoms with Crippen molar-refractivity contribution in [3.05, 3.63) is 47.3 Å². The van der Waals surface area contributed by atoms with E-state index in [1.54, 1.807) is 39.1 Å². The molecule has 0 atom stereocenters. The van der Waals surface area contributed by atoms with Gasteiger partial charge in [0.25, 0.3) is 0 Å². The fourth-order valence-electron chi connectivity index (χ4n) is 2.22. The lowest BCUT2D eigenvalue weighted by molar-refractivity contribution is -0.130. The molecule has 0 aliphatic rings. The summed E-state index contributed by atoms with van der Waals surface area (Å²) < 4.78 is 31.0. The van der Waals surface area contributed by atoms with Gasteiger partial charge < -0.3 is 9.42 Å². The van der Waals surface area contributed by atoms with E-state index in [1.165, 1.54) is 24.1 Å². The van der Waals surface area contributed by atoms with Crippen LogP contribution >= 0.6 is 0 Å². The minimum absolute atomic E-state index is 0.161. The topological polar surface area (TPSA) is 83.7 Å². The first-order chi connectivity index (χ1) is 11.2. The number of likely N-dealkylation sites (N-methyl/N-ethyl adjacent to an activating group) is 2. The Bertz CT molecular complexity index is 796. The third-order valence-electron chi connectivity index (χ3n) is 3.81. The Kier molecular flexibility index (Phi) is 5.40. The molecule has 8 heteroatoms. The Morgan fingerprint density at radius 3 is 2.33 bits per heavy atom. The largest absolute Gasteiger partial charge is 0.361 e. The van der Waals surface area contributed by atoms with Gasteiger partial charge in [0, 0.05) is 19.7 Å². The van der Waals surface area contributed by atoms with Crippen LogP contribution in [-0.4, -0.2) is 49.3 Å². The van der Waals surface area contributed by atoms with E-state index in [1.807, 2.05) is 0 Å². The molecule has 0 radical (unpaired) electrons. The van der Waals surface area contributed by atoms with Crippen LogP contribution in [0.2, 0.25) is 0 Å². The van der Waals surface area contributed by atoms with E-state index in [-0.39, 0.29) is 17.3 Å². The first-order valence-corrected chi connectivity index (χ1v) is 8.84. The standard InChI is InChI=1S/C16H21N3O4S/c1-12-15(13(2)23-17-12)10-18(3)16(20)11-19(4)24(21,22)14-8-6-5-7-9-14/h5-9H,10-11H2,1-4H3. The highest BCUT2D eigenvalue weighted by molar-refractivity contribution is 7.89. The molecule has 130 valence electrons. The molecule has 0 saturated heterocycles. The number of sulfonamides is 1. The van der Waals surface area contributed by atoms with E-state index in [0.29, 0.717) is 12.3 Å². The van der Waals surface area contributed by atoms with Gasteiger partial charge in [-0.1, -0.05) is 23.4 Å². The smallest absolute Gasteiger partial charge is 0.243 e. The SMILES string of the molecule is Cc1noc(C)c1CN(C)C(=O)CN(C)S(=O)(=O)c1ccccc1. The fourth-order valence-corrected chi connectivity index (χ4v) is 3.36. The van der Waals surface area contributed by atoms with Gasteiger partial charge in [-0.3, -0.25) is 4.79 Å². The first kappa shape index (κ1) is 18.2. The van der Waals surface area contributed by atoms with E-state index < -0.39 is 10.0 Å². The molecule has 7 nitrogen and oxygen atoms in total. The molecule has 0 N–H and O–H groups in total. The molecule has 0 fully saturated rings. The Morgan fingerprint density at radius 2 is 1.79 bits per heavy atom. The quantitative estimate of drug-likeness (QED) is 0.789. The summed E-state index contributed by atoms with van der Waals surface area (Å²) in [5.74, 6) is 0.342. The normalized spacial score (nSPS) is 11.7. The molecule has 2 aromatic rings. The third-order valence-corrected chi connectivity index (χ3v) is 5.63. The summed E-state index contributed by atoms with van der Waals surface area (Å²) >= 11 is 0. The van der Waals surface area contributed by atoms with Crippen LogP contribution in [0.3, 0.4) is 0 Å². The van der Waals surface area contributed by atoms with Gasteiger partial charge in [-0.25, -0.2) is 8.42 Å². The van der Waals surface area contributed by atoms with Gasteiger partial charge in [0.15, 0.2) is 0 Å². The summed E-state index contributed by atoms with van der Waals surface area (Å²) in [5.41, 5.74) is 1.55. The summed E-state index contributed by atoms with van der Waals surface area (Å²) in [5, 5.41) is 3.85. The van der Waals surface area contributed by atoms with Crippen LogP contribution in [0.15, 0.2) is 39.8 Å². The minimum Gasteiger partial charge on any atom is -0.361 e. The highest BCUT2D eigenvalue weighted by atomic mass is 32.2. The monoisotopic (exact) mass is 351 g/mol. The number of nitrogens with zero attached hydrogens (tertiary/aromatic N) is 3. The van der Waals surface area contributed by atoms with Crippen LogP contribution in [0, 0.1) is 13.8 Å². The summed E-state index contributed by atoms with van der Waals surface area (Å²) in [6.07, 6.45) is 0. The van der Waals surface area contributed by atoms with Gasteiger partial charge in [-0.2, -0.15) is 4.31 Å². The van der Waals surface area contributed by atoms with Crippen molar-refractivity contribution >= 4 is 15.9 Å². The van der Waals surface area contributed by atoms with Crippen molar-refractivity contribution in [2.45, 2.75) is 25.3 Å². The fraction of sp³-hybridized carbons (Fsp3) is 0.375. The van der Waals surface area contributed by atoms with Gasteiger partial charge in [0.1, 0.15) is 5.76 Å². The van der Waals surface area contributed by atoms with Crippen molar-refractivity contribution in [2.24, 2.45) is 0 Å². The minimum atomic E-state index is -3.69. The molecule has 24 heavy (non-hydrogen) atoms. The van der Waals surface area contributed by atoms with Crippen molar-refractivity contribution in [2.75, 3.05) is 20.6 Å². The predicted octanol–water partition coefficient (Wildman–Crippen LogP) is 1.57. The van der Waals surface area contributed by atoms with Crippen LogP contribution < -0.4 is 0 Å². The zero-order valence-corrected chi connectivity index (χ0v) is 15.0. The van der Waals surface area contributed by atoms with Gasteiger partial charge in [-0.05, 0) is 26.0 Å². The van der Waals surface area contributed by atoms with E-state index in [9.17, 15) is 13.2 Å². The van der Waals surface area contributed by atoms with Crippen LogP contribution in [-0.2, 0) is 21.4 Å². The molecular weight excluding hydrogens is 330 g/mol. The molecule has 0 unspecified atom stereocenters. The molecule has 1 aromatic carbocycles. The van der Waals surface area contributed by atoms with Crippen LogP contribution in [0.1, 0.15) is 17.0 Å². The van der Waals surface area contributed by atoms with Crippen LogP contribution in [0.25, 0.3) is 0 Å².